The van der Waals surface area contributed by atoms with Crippen molar-refractivity contribution in [1.82, 2.24) is 0 Å². The number of hydrogen-bond donors (Lipinski definition) is 1. The molecule has 0 aromatic heterocycles. The summed E-state index contributed by atoms with van der Waals surface area (Å²) in [7, 11) is 0. The van der Waals surface area contributed by atoms with E-state index in [1.807, 2.05) is 62.4 Å². The number of ether oxygens (including phenoxy) is 2. The Morgan fingerprint density at radius 3 is 2.24 bits per heavy atom. The van der Waals surface area contributed by atoms with Gasteiger partial charge in [-0.2, -0.15) is 0 Å². The molecule has 0 bridgehead atoms. The van der Waals surface area contributed by atoms with Gasteiger partial charge in [-0.3, -0.25) is 0 Å². The summed E-state index contributed by atoms with van der Waals surface area (Å²) in [6.45, 7) is 4.38. The normalized spacial score (nSPS) is 10.5. The van der Waals surface area contributed by atoms with Crippen molar-refractivity contribution >= 4 is 15.9 Å². The summed E-state index contributed by atoms with van der Waals surface area (Å²) in [6, 6.07) is 18.9. The van der Waals surface area contributed by atoms with E-state index < -0.39 is 0 Å². The third kappa shape index (κ3) is 5.00. The highest BCUT2D eigenvalue weighted by molar-refractivity contribution is 9.10. The average molecular weight is 399 g/mol. The molecule has 1 N–H and O–H groups in total. The summed E-state index contributed by atoms with van der Waals surface area (Å²) >= 11 is 3.46. The fraction of sp³-hybridized carbons (Fsp3) is 0.143. The third-order valence-corrected chi connectivity index (χ3v) is 4.08. The highest BCUT2D eigenvalue weighted by atomic mass is 79.9. The van der Waals surface area contributed by atoms with Crippen LogP contribution in [0.1, 0.15) is 16.7 Å². The molecule has 0 saturated carbocycles. The molecule has 0 radical (unpaired) electrons. The van der Waals surface area contributed by atoms with Gasteiger partial charge < -0.3 is 14.6 Å². The number of aromatic hydroxyl groups is 1. The van der Waals surface area contributed by atoms with Gasteiger partial charge in [0.1, 0.15) is 29.6 Å². The van der Waals surface area contributed by atoms with Crippen LogP contribution in [0.15, 0.2) is 65.1 Å². The van der Waals surface area contributed by atoms with Crippen LogP contribution in [0, 0.1) is 13.8 Å². The molecule has 25 heavy (non-hydrogen) atoms. The predicted molar refractivity (Wildman–Crippen MR) is 103 cm³/mol. The fourth-order valence-electron chi connectivity index (χ4n) is 2.57. The molecule has 0 spiro atoms. The van der Waals surface area contributed by atoms with Gasteiger partial charge in [0.05, 0.1) is 0 Å². The van der Waals surface area contributed by atoms with Crippen molar-refractivity contribution in [3.8, 4) is 23.0 Å². The first kappa shape index (κ1) is 17.4. The summed E-state index contributed by atoms with van der Waals surface area (Å²) in [5.41, 5.74) is 3.06. The van der Waals surface area contributed by atoms with Crippen LogP contribution in [0.5, 0.6) is 23.0 Å². The Labute approximate surface area is 156 Å². The van der Waals surface area contributed by atoms with E-state index in [1.165, 1.54) is 0 Å². The van der Waals surface area contributed by atoms with Crippen LogP contribution in [-0.4, -0.2) is 5.11 Å². The van der Waals surface area contributed by atoms with E-state index in [0.29, 0.717) is 18.1 Å². The minimum absolute atomic E-state index is 0.189. The zero-order valence-electron chi connectivity index (χ0n) is 14.1. The van der Waals surface area contributed by atoms with Crippen molar-refractivity contribution in [3.05, 3.63) is 81.8 Å². The van der Waals surface area contributed by atoms with Crippen LogP contribution < -0.4 is 9.47 Å². The molecule has 0 fully saturated rings. The van der Waals surface area contributed by atoms with E-state index >= 15 is 0 Å². The molecule has 0 aliphatic heterocycles. The van der Waals surface area contributed by atoms with Crippen molar-refractivity contribution in [2.24, 2.45) is 0 Å². The molecule has 0 saturated heterocycles. The molecule has 0 heterocycles. The molecule has 0 aliphatic carbocycles. The molecular weight excluding hydrogens is 380 g/mol. The second-order valence-corrected chi connectivity index (χ2v) is 6.92. The summed E-state index contributed by atoms with van der Waals surface area (Å²) < 4.78 is 12.8. The van der Waals surface area contributed by atoms with Crippen molar-refractivity contribution < 1.29 is 14.6 Å². The van der Waals surface area contributed by atoms with Gasteiger partial charge in [0.25, 0.3) is 0 Å². The maximum absolute atomic E-state index is 9.71. The second-order valence-electron chi connectivity index (χ2n) is 6.01. The van der Waals surface area contributed by atoms with Gasteiger partial charge in [-0.1, -0.05) is 28.1 Å². The van der Waals surface area contributed by atoms with Gasteiger partial charge >= 0.3 is 0 Å². The van der Waals surface area contributed by atoms with Crippen LogP contribution in [0.4, 0.5) is 0 Å². The molecule has 0 unspecified atom stereocenters. The summed E-state index contributed by atoms with van der Waals surface area (Å²) in [5, 5.41) is 9.71. The van der Waals surface area contributed by atoms with Crippen molar-refractivity contribution in [1.29, 1.82) is 0 Å². The quantitative estimate of drug-likeness (QED) is 0.560. The van der Waals surface area contributed by atoms with Gasteiger partial charge in [-0.25, -0.2) is 0 Å². The van der Waals surface area contributed by atoms with E-state index in [9.17, 15) is 5.11 Å². The first-order valence-corrected chi connectivity index (χ1v) is 8.75. The average Bonchev–Trinajstić information content (AvgIpc) is 2.51. The van der Waals surface area contributed by atoms with Crippen LogP contribution in [0.3, 0.4) is 0 Å². The Morgan fingerprint density at radius 1 is 0.840 bits per heavy atom. The van der Waals surface area contributed by atoms with Crippen molar-refractivity contribution in [3.63, 3.8) is 0 Å². The van der Waals surface area contributed by atoms with Crippen LogP contribution in [0.2, 0.25) is 0 Å². The summed E-state index contributed by atoms with van der Waals surface area (Å²) in [6.07, 6.45) is 0. The Bertz CT molecular complexity index is 870. The van der Waals surface area contributed by atoms with E-state index in [4.69, 9.17) is 9.47 Å². The lowest BCUT2D eigenvalue weighted by Gasteiger charge is -2.12. The zero-order valence-corrected chi connectivity index (χ0v) is 15.7. The monoisotopic (exact) mass is 398 g/mol. The first-order chi connectivity index (χ1) is 12.0. The summed E-state index contributed by atoms with van der Waals surface area (Å²) in [4.78, 5) is 0. The minimum Gasteiger partial charge on any atom is -0.508 e. The van der Waals surface area contributed by atoms with E-state index in [2.05, 4.69) is 15.9 Å². The Balaban J connectivity index is 1.75. The molecule has 0 aliphatic rings. The molecule has 3 nitrogen and oxygen atoms in total. The number of rotatable bonds is 5. The molecular formula is C21H19BrO3. The Hall–Kier alpha value is -2.46. The van der Waals surface area contributed by atoms with Crippen LogP contribution >= 0.6 is 15.9 Å². The highest BCUT2D eigenvalue weighted by Crippen LogP contribution is 2.30. The lowest BCUT2D eigenvalue weighted by atomic mass is 10.2. The number of hydrogen-bond acceptors (Lipinski definition) is 3. The molecule has 3 rings (SSSR count). The fourth-order valence-corrected chi connectivity index (χ4v) is 3.02. The molecule has 128 valence electrons. The van der Waals surface area contributed by atoms with E-state index in [1.54, 1.807) is 12.1 Å². The Kier molecular flexibility index (Phi) is 5.29. The standard InChI is InChI=1S/C21H19BrO3/c1-14-6-18(23)11-20(8-14)25-21-9-15(2)7-19(12-21)24-13-16-4-3-5-17(22)10-16/h3-12,23H,13H2,1-2H3. The minimum atomic E-state index is 0.189. The predicted octanol–water partition coefficient (Wildman–Crippen LogP) is 6.14. The number of phenolic OH excluding ortho intramolecular Hbond substituents is 1. The van der Waals surface area contributed by atoms with E-state index in [0.717, 1.165) is 26.9 Å². The smallest absolute Gasteiger partial charge is 0.131 e. The Morgan fingerprint density at radius 2 is 1.52 bits per heavy atom. The lowest BCUT2D eigenvalue weighted by molar-refractivity contribution is 0.304. The number of aryl methyl sites for hydroxylation is 2. The van der Waals surface area contributed by atoms with Gasteiger partial charge in [0.2, 0.25) is 0 Å². The topological polar surface area (TPSA) is 38.7 Å². The molecule has 0 amide bonds. The van der Waals surface area contributed by atoms with Crippen LogP contribution in [-0.2, 0) is 6.61 Å². The maximum Gasteiger partial charge on any atom is 0.131 e. The van der Waals surface area contributed by atoms with Gasteiger partial charge in [-0.15, -0.1) is 0 Å². The van der Waals surface area contributed by atoms with Crippen molar-refractivity contribution in [2.75, 3.05) is 0 Å². The molecule has 3 aromatic carbocycles. The first-order valence-electron chi connectivity index (χ1n) is 7.95. The molecule has 4 heteroatoms. The SMILES string of the molecule is Cc1cc(O)cc(Oc2cc(C)cc(OCc3cccc(Br)c3)c2)c1. The van der Waals surface area contributed by atoms with Gasteiger partial charge in [0, 0.05) is 16.6 Å². The summed E-state index contributed by atoms with van der Waals surface area (Å²) in [5.74, 6) is 2.20. The second kappa shape index (κ2) is 7.62. The third-order valence-electron chi connectivity index (χ3n) is 3.59. The number of halogens is 1. The number of phenols is 1. The van der Waals surface area contributed by atoms with E-state index in [-0.39, 0.29) is 5.75 Å². The maximum atomic E-state index is 9.71. The van der Waals surface area contributed by atoms with Crippen LogP contribution in [0.25, 0.3) is 0 Å². The molecule has 3 aromatic rings. The van der Waals surface area contributed by atoms with Gasteiger partial charge in [-0.05, 0) is 66.9 Å². The lowest BCUT2D eigenvalue weighted by Crippen LogP contribution is -1.96. The molecule has 0 atom stereocenters. The van der Waals surface area contributed by atoms with Gasteiger partial charge in [0.15, 0.2) is 0 Å². The van der Waals surface area contributed by atoms with Crippen molar-refractivity contribution in [2.45, 2.75) is 20.5 Å². The zero-order chi connectivity index (χ0) is 17.8. The highest BCUT2D eigenvalue weighted by Gasteiger charge is 2.05. The number of benzene rings is 3. The largest absolute Gasteiger partial charge is 0.508 e.